The number of amides is 1. The van der Waals surface area contributed by atoms with Crippen molar-refractivity contribution >= 4 is 35.3 Å². The largest absolute Gasteiger partial charge is 0.383 e. The summed E-state index contributed by atoms with van der Waals surface area (Å²) in [6.07, 6.45) is 0. The first kappa shape index (κ1) is 16.4. The van der Waals surface area contributed by atoms with Crippen LogP contribution in [0.1, 0.15) is 28.2 Å². The van der Waals surface area contributed by atoms with Gasteiger partial charge in [-0.2, -0.15) is 0 Å². The molecule has 0 aliphatic carbocycles. The molecule has 0 spiro atoms. The minimum absolute atomic E-state index is 0.112. The summed E-state index contributed by atoms with van der Waals surface area (Å²) >= 11 is 6.61. The number of carbonyl (C=O) groups excluding carboxylic acids is 1. The van der Waals surface area contributed by atoms with Crippen molar-refractivity contribution in [1.29, 1.82) is 0 Å². The summed E-state index contributed by atoms with van der Waals surface area (Å²) in [5.74, 6) is 0.156. The Kier molecular flexibility index (Phi) is 4.78. The highest BCUT2D eigenvalue weighted by Gasteiger charge is 2.19. The molecule has 1 heterocycles. The number of anilines is 1. The number of benzene rings is 2. The molecule has 1 atom stereocenters. The van der Waals surface area contributed by atoms with Crippen molar-refractivity contribution in [2.45, 2.75) is 13.0 Å². The second-order valence-corrected chi connectivity index (χ2v) is 7.00. The van der Waals surface area contributed by atoms with Crippen LogP contribution in [-0.4, -0.2) is 10.5 Å². The van der Waals surface area contributed by atoms with E-state index in [0.717, 1.165) is 11.3 Å². The molecule has 6 heteroatoms. The van der Waals surface area contributed by atoms with Crippen LogP contribution in [0.25, 0.3) is 5.69 Å². The summed E-state index contributed by atoms with van der Waals surface area (Å²) in [6.45, 7) is 1.94. The SMILES string of the molecule is CC(NC(=O)c1sc(=S)n(-c2ccccc2)c1N)c1ccccc1. The highest BCUT2D eigenvalue weighted by atomic mass is 32.1. The normalized spacial score (nSPS) is 11.9. The van der Waals surface area contributed by atoms with Gasteiger partial charge in [0, 0.05) is 5.69 Å². The Morgan fingerprint density at radius 2 is 1.71 bits per heavy atom. The molecule has 1 unspecified atom stereocenters. The van der Waals surface area contributed by atoms with Crippen LogP contribution in [0.15, 0.2) is 60.7 Å². The Hall–Kier alpha value is -2.44. The third-order valence-corrected chi connectivity index (χ3v) is 5.10. The maximum Gasteiger partial charge on any atom is 0.265 e. The molecule has 0 aliphatic rings. The molecule has 122 valence electrons. The van der Waals surface area contributed by atoms with Gasteiger partial charge in [0.2, 0.25) is 0 Å². The van der Waals surface area contributed by atoms with Crippen LogP contribution in [-0.2, 0) is 0 Å². The minimum Gasteiger partial charge on any atom is -0.383 e. The van der Waals surface area contributed by atoms with Gasteiger partial charge >= 0.3 is 0 Å². The number of nitrogens with one attached hydrogen (secondary N) is 1. The van der Waals surface area contributed by atoms with Gasteiger partial charge in [0.1, 0.15) is 10.7 Å². The van der Waals surface area contributed by atoms with Gasteiger partial charge in [-0.15, -0.1) is 0 Å². The lowest BCUT2D eigenvalue weighted by molar-refractivity contribution is 0.0944. The van der Waals surface area contributed by atoms with E-state index < -0.39 is 0 Å². The number of hydrogen-bond acceptors (Lipinski definition) is 4. The minimum atomic E-state index is -0.213. The lowest BCUT2D eigenvalue weighted by atomic mass is 10.1. The van der Waals surface area contributed by atoms with Gasteiger partial charge in [-0.3, -0.25) is 9.36 Å². The zero-order valence-electron chi connectivity index (χ0n) is 13.1. The van der Waals surface area contributed by atoms with Crippen molar-refractivity contribution in [3.05, 3.63) is 75.1 Å². The number of carbonyl (C=O) groups is 1. The third-order valence-electron chi connectivity index (χ3n) is 3.71. The first-order chi connectivity index (χ1) is 11.6. The van der Waals surface area contributed by atoms with Gasteiger partial charge in [0.25, 0.3) is 5.91 Å². The Bertz CT molecular complexity index is 901. The molecule has 4 nitrogen and oxygen atoms in total. The number of rotatable bonds is 4. The van der Waals surface area contributed by atoms with Crippen molar-refractivity contribution in [2.75, 3.05) is 5.73 Å². The standard InChI is InChI=1S/C18H17N3OS2/c1-12(13-8-4-2-5-9-13)20-17(22)15-16(19)21(18(23)24-15)14-10-6-3-7-11-14/h2-12H,19H2,1H3,(H,20,22). The van der Waals surface area contributed by atoms with E-state index in [9.17, 15) is 4.79 Å². The van der Waals surface area contributed by atoms with Crippen LogP contribution >= 0.6 is 23.6 Å². The van der Waals surface area contributed by atoms with E-state index in [-0.39, 0.29) is 11.9 Å². The fourth-order valence-corrected chi connectivity index (χ4v) is 3.73. The summed E-state index contributed by atoms with van der Waals surface area (Å²) in [6, 6.07) is 19.2. The van der Waals surface area contributed by atoms with Crippen LogP contribution in [0, 0.1) is 3.95 Å². The summed E-state index contributed by atoms with van der Waals surface area (Å²) in [7, 11) is 0. The maximum absolute atomic E-state index is 12.6. The smallest absolute Gasteiger partial charge is 0.265 e. The molecule has 0 fully saturated rings. The van der Waals surface area contributed by atoms with E-state index in [4.69, 9.17) is 18.0 Å². The molecule has 1 amide bonds. The summed E-state index contributed by atoms with van der Waals surface area (Å²) in [4.78, 5) is 13.0. The molecular formula is C18H17N3OS2. The number of nitrogens with two attached hydrogens (primary N) is 1. The van der Waals surface area contributed by atoms with Crippen molar-refractivity contribution in [3.8, 4) is 5.69 Å². The van der Waals surface area contributed by atoms with E-state index in [1.807, 2.05) is 67.6 Å². The van der Waals surface area contributed by atoms with Crippen molar-refractivity contribution in [2.24, 2.45) is 0 Å². The number of aromatic nitrogens is 1. The number of thiazole rings is 1. The molecule has 3 N–H and O–H groups in total. The quantitative estimate of drug-likeness (QED) is 0.684. The van der Waals surface area contributed by atoms with Gasteiger partial charge in [-0.05, 0) is 36.8 Å². The van der Waals surface area contributed by atoms with Crippen molar-refractivity contribution in [3.63, 3.8) is 0 Å². The molecule has 0 saturated heterocycles. The number of nitrogens with zero attached hydrogens (tertiary/aromatic N) is 1. The van der Waals surface area contributed by atoms with Crippen LogP contribution in [0.3, 0.4) is 0 Å². The van der Waals surface area contributed by atoms with Gasteiger partial charge in [-0.1, -0.05) is 59.9 Å². The molecule has 0 aliphatic heterocycles. The highest BCUT2D eigenvalue weighted by Crippen LogP contribution is 2.26. The molecule has 1 aromatic heterocycles. The predicted octanol–water partition coefficient (Wildman–Crippen LogP) is 4.34. The zero-order chi connectivity index (χ0) is 17.1. The molecule has 3 aromatic rings. The topological polar surface area (TPSA) is 60.0 Å². The molecule has 0 radical (unpaired) electrons. The molecular weight excluding hydrogens is 338 g/mol. The van der Waals surface area contributed by atoms with Crippen molar-refractivity contribution in [1.82, 2.24) is 9.88 Å². The van der Waals surface area contributed by atoms with E-state index in [1.54, 1.807) is 4.57 Å². The van der Waals surface area contributed by atoms with Gasteiger partial charge in [-0.25, -0.2) is 0 Å². The molecule has 24 heavy (non-hydrogen) atoms. The molecule has 3 rings (SSSR count). The van der Waals surface area contributed by atoms with Crippen molar-refractivity contribution < 1.29 is 4.79 Å². The molecule has 2 aromatic carbocycles. The molecule has 0 bridgehead atoms. The molecule has 0 saturated carbocycles. The van der Waals surface area contributed by atoms with E-state index >= 15 is 0 Å². The van der Waals surface area contributed by atoms with Crippen LogP contribution < -0.4 is 11.1 Å². The Labute approximate surface area is 149 Å². The van der Waals surface area contributed by atoms with E-state index in [2.05, 4.69) is 5.32 Å². The highest BCUT2D eigenvalue weighted by molar-refractivity contribution is 7.73. The second-order valence-electron chi connectivity index (χ2n) is 5.36. The third kappa shape index (κ3) is 3.25. The number of para-hydroxylation sites is 1. The fourth-order valence-electron chi connectivity index (χ4n) is 2.46. The number of hydrogen-bond donors (Lipinski definition) is 2. The van der Waals surface area contributed by atoms with E-state index in [1.165, 1.54) is 11.3 Å². The lowest BCUT2D eigenvalue weighted by Gasteiger charge is -2.14. The fraction of sp³-hybridized carbons (Fsp3) is 0.111. The Morgan fingerprint density at radius 3 is 2.33 bits per heavy atom. The summed E-state index contributed by atoms with van der Waals surface area (Å²) in [5, 5.41) is 2.98. The average Bonchev–Trinajstić information content (AvgIpc) is 2.91. The maximum atomic E-state index is 12.6. The zero-order valence-corrected chi connectivity index (χ0v) is 14.7. The van der Waals surface area contributed by atoms with Gasteiger partial charge in [0.05, 0.1) is 6.04 Å². The van der Waals surface area contributed by atoms with Gasteiger partial charge < -0.3 is 11.1 Å². The summed E-state index contributed by atoms with van der Waals surface area (Å²) in [5.41, 5.74) is 8.09. The predicted molar refractivity (Wildman–Crippen MR) is 101 cm³/mol. The first-order valence-electron chi connectivity index (χ1n) is 7.50. The van der Waals surface area contributed by atoms with E-state index in [0.29, 0.717) is 14.6 Å². The van der Waals surface area contributed by atoms with Crippen LogP contribution in [0.2, 0.25) is 0 Å². The monoisotopic (exact) mass is 355 g/mol. The average molecular weight is 355 g/mol. The number of nitrogen functional groups attached to an aromatic ring is 1. The Morgan fingerprint density at radius 1 is 1.12 bits per heavy atom. The second kappa shape index (κ2) is 6.98. The summed E-state index contributed by atoms with van der Waals surface area (Å²) < 4.78 is 2.28. The lowest BCUT2D eigenvalue weighted by Crippen LogP contribution is -2.26. The van der Waals surface area contributed by atoms with Crippen LogP contribution in [0.5, 0.6) is 0 Å². The van der Waals surface area contributed by atoms with Gasteiger partial charge in [0.15, 0.2) is 3.95 Å². The Balaban J connectivity index is 1.88. The first-order valence-corrected chi connectivity index (χ1v) is 8.73. The van der Waals surface area contributed by atoms with Crippen LogP contribution in [0.4, 0.5) is 5.82 Å².